The molecule has 0 aliphatic rings. The molecule has 0 aliphatic carbocycles. The number of esters is 1. The zero-order chi connectivity index (χ0) is 13.8. The minimum atomic E-state index is -4.44. The lowest BCUT2D eigenvalue weighted by Crippen LogP contribution is -2.12. The van der Waals surface area contributed by atoms with E-state index in [4.69, 9.17) is 0 Å². The number of ether oxygens (including phenoxy) is 1. The molecule has 0 bridgehead atoms. The number of thioether (sulfide) groups is 1. The fourth-order valence-corrected chi connectivity index (χ4v) is 2.28. The summed E-state index contributed by atoms with van der Waals surface area (Å²) < 4.78 is 42.5. The van der Waals surface area contributed by atoms with Crippen molar-refractivity contribution in [2.24, 2.45) is 0 Å². The molecular formula is C11H12F3NO2S. The zero-order valence-corrected chi connectivity index (χ0v) is 10.6. The maximum atomic E-state index is 12.7. The first-order valence-electron chi connectivity index (χ1n) is 5.10. The SMILES string of the molecule is COC(=O)CC(C)Sc1ncccc1C(F)(F)F. The van der Waals surface area contributed by atoms with Crippen molar-refractivity contribution in [1.29, 1.82) is 0 Å². The van der Waals surface area contributed by atoms with Crippen LogP contribution >= 0.6 is 11.8 Å². The fourth-order valence-electron chi connectivity index (χ4n) is 1.25. The molecule has 1 heterocycles. The third-order valence-electron chi connectivity index (χ3n) is 2.07. The number of hydrogen-bond acceptors (Lipinski definition) is 4. The zero-order valence-electron chi connectivity index (χ0n) is 9.82. The van der Waals surface area contributed by atoms with Crippen molar-refractivity contribution in [3.8, 4) is 0 Å². The molecule has 0 aromatic carbocycles. The van der Waals surface area contributed by atoms with Crippen molar-refractivity contribution in [1.82, 2.24) is 4.98 Å². The maximum absolute atomic E-state index is 12.7. The van der Waals surface area contributed by atoms with Gasteiger partial charge in [0.15, 0.2) is 0 Å². The van der Waals surface area contributed by atoms with Gasteiger partial charge in [0.2, 0.25) is 0 Å². The molecule has 1 aromatic rings. The number of aromatic nitrogens is 1. The Morgan fingerprint density at radius 3 is 2.78 bits per heavy atom. The first-order valence-corrected chi connectivity index (χ1v) is 5.98. The summed E-state index contributed by atoms with van der Waals surface area (Å²) in [5.41, 5.74) is -0.785. The van der Waals surface area contributed by atoms with Crippen molar-refractivity contribution >= 4 is 17.7 Å². The first kappa shape index (κ1) is 14.8. The lowest BCUT2D eigenvalue weighted by Gasteiger charge is -2.14. The minimum Gasteiger partial charge on any atom is -0.469 e. The van der Waals surface area contributed by atoms with E-state index < -0.39 is 17.7 Å². The monoisotopic (exact) mass is 279 g/mol. The summed E-state index contributed by atoms with van der Waals surface area (Å²) in [4.78, 5) is 14.7. The molecular weight excluding hydrogens is 267 g/mol. The van der Waals surface area contributed by atoms with Gasteiger partial charge in [-0.3, -0.25) is 4.79 Å². The Bertz CT molecular complexity index is 423. The Hall–Kier alpha value is -1.24. The van der Waals surface area contributed by atoms with Crippen LogP contribution in [0, 0.1) is 0 Å². The smallest absolute Gasteiger partial charge is 0.419 e. The Kier molecular flexibility index (Phi) is 5.01. The summed E-state index contributed by atoms with van der Waals surface area (Å²) in [6.45, 7) is 1.65. The van der Waals surface area contributed by atoms with Gasteiger partial charge in [-0.25, -0.2) is 4.98 Å². The highest BCUT2D eigenvalue weighted by atomic mass is 32.2. The fraction of sp³-hybridized carbons (Fsp3) is 0.455. The van der Waals surface area contributed by atoms with Crippen LogP contribution in [0.15, 0.2) is 23.4 Å². The average molecular weight is 279 g/mol. The van der Waals surface area contributed by atoms with Crippen LogP contribution in [0.25, 0.3) is 0 Å². The van der Waals surface area contributed by atoms with Gasteiger partial charge in [0, 0.05) is 11.4 Å². The normalized spacial score (nSPS) is 13.2. The average Bonchev–Trinajstić information content (AvgIpc) is 2.27. The van der Waals surface area contributed by atoms with Gasteiger partial charge in [-0.05, 0) is 12.1 Å². The molecule has 0 amide bonds. The summed E-state index contributed by atoms with van der Waals surface area (Å²) >= 11 is 0.909. The third kappa shape index (κ3) is 4.21. The van der Waals surface area contributed by atoms with Crippen molar-refractivity contribution in [3.05, 3.63) is 23.9 Å². The second kappa shape index (κ2) is 6.08. The van der Waals surface area contributed by atoms with Gasteiger partial charge in [-0.2, -0.15) is 13.2 Å². The van der Waals surface area contributed by atoms with E-state index in [1.807, 2.05) is 0 Å². The van der Waals surface area contributed by atoms with Crippen LogP contribution in [0.3, 0.4) is 0 Å². The van der Waals surface area contributed by atoms with Crippen molar-refractivity contribution < 1.29 is 22.7 Å². The second-order valence-electron chi connectivity index (χ2n) is 3.56. The van der Waals surface area contributed by atoms with Gasteiger partial charge in [0.25, 0.3) is 0 Å². The molecule has 0 N–H and O–H groups in total. The predicted octanol–water partition coefficient (Wildman–Crippen LogP) is 3.14. The molecule has 7 heteroatoms. The molecule has 0 spiro atoms. The van der Waals surface area contributed by atoms with E-state index in [1.165, 1.54) is 19.4 Å². The van der Waals surface area contributed by atoms with E-state index >= 15 is 0 Å². The van der Waals surface area contributed by atoms with Crippen LogP contribution in [0.2, 0.25) is 0 Å². The number of hydrogen-bond donors (Lipinski definition) is 0. The van der Waals surface area contributed by atoms with Gasteiger partial charge in [-0.1, -0.05) is 6.92 Å². The van der Waals surface area contributed by atoms with Crippen LogP contribution < -0.4 is 0 Å². The van der Waals surface area contributed by atoms with E-state index in [9.17, 15) is 18.0 Å². The Balaban J connectivity index is 2.81. The van der Waals surface area contributed by atoms with Gasteiger partial charge in [0.1, 0.15) is 5.03 Å². The molecule has 0 saturated carbocycles. The number of methoxy groups -OCH3 is 1. The molecule has 0 saturated heterocycles. The minimum absolute atomic E-state index is 0.0367. The Labute approximate surface area is 107 Å². The quantitative estimate of drug-likeness (QED) is 0.627. The number of carbonyl (C=O) groups is 1. The highest BCUT2D eigenvalue weighted by Crippen LogP contribution is 2.37. The molecule has 0 fully saturated rings. The van der Waals surface area contributed by atoms with E-state index in [1.54, 1.807) is 6.92 Å². The van der Waals surface area contributed by atoms with Crippen LogP contribution in [-0.4, -0.2) is 23.3 Å². The first-order chi connectivity index (χ1) is 8.34. The highest BCUT2D eigenvalue weighted by molar-refractivity contribution is 7.99. The molecule has 1 unspecified atom stereocenters. The number of nitrogens with zero attached hydrogens (tertiary/aromatic N) is 1. The molecule has 100 valence electrons. The van der Waals surface area contributed by atoms with Crippen molar-refractivity contribution in [2.75, 3.05) is 7.11 Å². The van der Waals surface area contributed by atoms with Crippen molar-refractivity contribution in [2.45, 2.75) is 29.8 Å². The Morgan fingerprint density at radius 1 is 1.56 bits per heavy atom. The summed E-state index contributed by atoms with van der Waals surface area (Å²) in [6, 6.07) is 2.21. The molecule has 18 heavy (non-hydrogen) atoms. The number of rotatable bonds is 4. The van der Waals surface area contributed by atoms with Crippen LogP contribution in [0.5, 0.6) is 0 Å². The number of carbonyl (C=O) groups excluding carboxylic acids is 1. The Morgan fingerprint density at radius 2 is 2.22 bits per heavy atom. The van der Waals surface area contributed by atoms with Crippen LogP contribution in [-0.2, 0) is 15.7 Å². The van der Waals surface area contributed by atoms with E-state index in [0.29, 0.717) is 0 Å². The lowest BCUT2D eigenvalue weighted by atomic mass is 10.3. The van der Waals surface area contributed by atoms with Gasteiger partial charge in [-0.15, -0.1) is 11.8 Å². The van der Waals surface area contributed by atoms with Gasteiger partial charge in [0.05, 0.1) is 19.1 Å². The molecule has 0 radical (unpaired) electrons. The lowest BCUT2D eigenvalue weighted by molar-refractivity contribution is -0.140. The number of pyridine rings is 1. The third-order valence-corrected chi connectivity index (χ3v) is 3.19. The topological polar surface area (TPSA) is 39.2 Å². The standard InChI is InChI=1S/C11H12F3NO2S/c1-7(6-9(16)17-2)18-10-8(11(12,13)14)4-3-5-15-10/h3-5,7H,6H2,1-2H3. The number of alkyl halides is 3. The van der Waals surface area contributed by atoms with Crippen molar-refractivity contribution in [3.63, 3.8) is 0 Å². The molecule has 0 aliphatic heterocycles. The molecule has 3 nitrogen and oxygen atoms in total. The van der Waals surface area contributed by atoms with E-state index in [-0.39, 0.29) is 16.7 Å². The van der Waals surface area contributed by atoms with E-state index in [2.05, 4.69) is 9.72 Å². The summed E-state index contributed by atoms with van der Waals surface area (Å²) in [5.74, 6) is -0.459. The summed E-state index contributed by atoms with van der Waals surface area (Å²) in [5, 5.41) is -0.463. The largest absolute Gasteiger partial charge is 0.469 e. The van der Waals surface area contributed by atoms with Crippen LogP contribution in [0.4, 0.5) is 13.2 Å². The molecule has 1 aromatic heterocycles. The molecule has 1 rings (SSSR count). The predicted molar refractivity (Wildman–Crippen MR) is 61.2 cm³/mol. The highest BCUT2D eigenvalue weighted by Gasteiger charge is 2.34. The molecule has 1 atom stereocenters. The number of halogens is 3. The van der Waals surface area contributed by atoms with Gasteiger partial charge >= 0.3 is 12.1 Å². The summed E-state index contributed by atoms with van der Waals surface area (Å²) in [6.07, 6.45) is -3.11. The van der Waals surface area contributed by atoms with E-state index in [0.717, 1.165) is 17.8 Å². The maximum Gasteiger partial charge on any atom is 0.419 e. The second-order valence-corrected chi connectivity index (χ2v) is 4.99. The summed E-state index contributed by atoms with van der Waals surface area (Å²) in [7, 11) is 1.24. The van der Waals surface area contributed by atoms with Gasteiger partial charge < -0.3 is 4.74 Å². The van der Waals surface area contributed by atoms with Crippen LogP contribution in [0.1, 0.15) is 18.9 Å².